The van der Waals surface area contributed by atoms with E-state index in [9.17, 15) is 0 Å². The van der Waals surface area contributed by atoms with Gasteiger partial charge < -0.3 is 14.8 Å². The number of methoxy groups -OCH3 is 1. The maximum Gasteiger partial charge on any atom is 0.161 e. The Balaban J connectivity index is 1.86. The average molecular weight is 292 g/mol. The third-order valence-electron chi connectivity index (χ3n) is 4.14. The van der Waals surface area contributed by atoms with Gasteiger partial charge in [0.2, 0.25) is 0 Å². The van der Waals surface area contributed by atoms with E-state index in [1.807, 2.05) is 13.0 Å². The number of hydrogen-bond acceptors (Lipinski definition) is 4. The molecule has 0 bridgehead atoms. The molecule has 4 heteroatoms. The number of ether oxygens (including phenoxy) is 2. The van der Waals surface area contributed by atoms with Crippen molar-refractivity contribution in [2.75, 3.05) is 33.4 Å². The summed E-state index contributed by atoms with van der Waals surface area (Å²) in [4.78, 5) is 2.56. The molecule has 1 N–H and O–H groups in total. The Morgan fingerprint density at radius 2 is 2.14 bits per heavy atom. The fourth-order valence-electron chi connectivity index (χ4n) is 3.03. The minimum Gasteiger partial charge on any atom is -0.493 e. The van der Waals surface area contributed by atoms with Gasteiger partial charge in [0.1, 0.15) is 0 Å². The molecule has 1 aliphatic rings. The maximum atomic E-state index is 5.62. The summed E-state index contributed by atoms with van der Waals surface area (Å²) in [7, 11) is 1.68. The van der Waals surface area contributed by atoms with E-state index in [1.165, 1.54) is 24.9 Å². The molecule has 0 aliphatic carbocycles. The number of likely N-dealkylation sites (tertiary alicyclic amines) is 1. The quantitative estimate of drug-likeness (QED) is 0.799. The lowest BCUT2D eigenvalue weighted by Crippen LogP contribution is -2.37. The molecular weight excluding hydrogens is 264 g/mol. The molecule has 0 saturated carbocycles. The summed E-state index contributed by atoms with van der Waals surface area (Å²) in [5, 5.41) is 3.58. The van der Waals surface area contributed by atoms with Crippen LogP contribution in [0.1, 0.15) is 32.3 Å². The molecule has 21 heavy (non-hydrogen) atoms. The van der Waals surface area contributed by atoms with Gasteiger partial charge in [0, 0.05) is 19.1 Å². The highest BCUT2D eigenvalue weighted by atomic mass is 16.5. The van der Waals surface area contributed by atoms with E-state index in [0.717, 1.165) is 31.1 Å². The van der Waals surface area contributed by atoms with Crippen molar-refractivity contribution in [1.29, 1.82) is 0 Å². The van der Waals surface area contributed by atoms with Crippen molar-refractivity contribution in [3.05, 3.63) is 23.8 Å². The van der Waals surface area contributed by atoms with Crippen LogP contribution in [-0.4, -0.2) is 44.3 Å². The summed E-state index contributed by atoms with van der Waals surface area (Å²) in [6, 6.07) is 6.84. The van der Waals surface area contributed by atoms with Gasteiger partial charge in [0.25, 0.3) is 0 Å². The monoisotopic (exact) mass is 292 g/mol. The van der Waals surface area contributed by atoms with E-state index in [4.69, 9.17) is 9.47 Å². The van der Waals surface area contributed by atoms with Gasteiger partial charge in [-0.05, 0) is 50.6 Å². The summed E-state index contributed by atoms with van der Waals surface area (Å²) in [5.74, 6) is 1.63. The number of likely N-dealkylation sites (N-methyl/N-ethyl adjacent to an activating group) is 1. The van der Waals surface area contributed by atoms with Crippen LogP contribution in [0.2, 0.25) is 0 Å². The first-order valence-electron chi connectivity index (χ1n) is 8.03. The summed E-state index contributed by atoms with van der Waals surface area (Å²) >= 11 is 0. The van der Waals surface area contributed by atoms with Crippen molar-refractivity contribution in [1.82, 2.24) is 10.2 Å². The SMILES string of the molecule is CCOc1cc(CNC[C@@H]2CCCN2CC)ccc1OC. The number of nitrogens with one attached hydrogen (secondary N) is 1. The summed E-state index contributed by atoms with van der Waals surface area (Å²) in [5.41, 5.74) is 1.24. The van der Waals surface area contributed by atoms with Crippen LogP contribution in [-0.2, 0) is 6.54 Å². The van der Waals surface area contributed by atoms with Crippen LogP contribution in [0.15, 0.2) is 18.2 Å². The second kappa shape index (κ2) is 8.25. The van der Waals surface area contributed by atoms with Crippen molar-refractivity contribution in [2.45, 2.75) is 39.3 Å². The molecule has 4 nitrogen and oxygen atoms in total. The summed E-state index contributed by atoms with van der Waals surface area (Å²) < 4.78 is 10.9. The lowest BCUT2D eigenvalue weighted by atomic mass is 10.2. The summed E-state index contributed by atoms with van der Waals surface area (Å²) in [6.45, 7) is 9.23. The lowest BCUT2D eigenvalue weighted by molar-refractivity contribution is 0.260. The van der Waals surface area contributed by atoms with Gasteiger partial charge in [-0.2, -0.15) is 0 Å². The van der Waals surface area contributed by atoms with Gasteiger partial charge in [-0.1, -0.05) is 13.0 Å². The van der Waals surface area contributed by atoms with Crippen molar-refractivity contribution < 1.29 is 9.47 Å². The lowest BCUT2D eigenvalue weighted by Gasteiger charge is -2.23. The fourth-order valence-corrected chi connectivity index (χ4v) is 3.03. The molecule has 0 aromatic heterocycles. The smallest absolute Gasteiger partial charge is 0.161 e. The minimum absolute atomic E-state index is 0.654. The van der Waals surface area contributed by atoms with Crippen LogP contribution in [0.25, 0.3) is 0 Å². The predicted octanol–water partition coefficient (Wildman–Crippen LogP) is 2.67. The van der Waals surface area contributed by atoms with Gasteiger partial charge in [-0.3, -0.25) is 4.90 Å². The zero-order chi connectivity index (χ0) is 15.1. The fraction of sp³-hybridized carbons (Fsp3) is 0.647. The highest BCUT2D eigenvalue weighted by Gasteiger charge is 2.22. The van der Waals surface area contributed by atoms with Crippen LogP contribution in [0.4, 0.5) is 0 Å². The minimum atomic E-state index is 0.654. The van der Waals surface area contributed by atoms with E-state index in [1.54, 1.807) is 7.11 Å². The first-order chi connectivity index (χ1) is 10.3. The molecule has 1 aliphatic heterocycles. The molecule has 2 rings (SSSR count). The average Bonchev–Trinajstić information content (AvgIpc) is 2.95. The second-order valence-corrected chi connectivity index (χ2v) is 5.47. The molecule has 118 valence electrons. The normalized spacial score (nSPS) is 18.9. The van der Waals surface area contributed by atoms with Crippen LogP contribution in [0.3, 0.4) is 0 Å². The Kier molecular flexibility index (Phi) is 6.33. The van der Waals surface area contributed by atoms with Gasteiger partial charge in [0.05, 0.1) is 13.7 Å². The predicted molar refractivity (Wildman–Crippen MR) is 86.1 cm³/mol. The third-order valence-corrected chi connectivity index (χ3v) is 4.14. The van der Waals surface area contributed by atoms with Crippen molar-refractivity contribution >= 4 is 0 Å². The highest BCUT2D eigenvalue weighted by Crippen LogP contribution is 2.28. The first kappa shape index (κ1) is 16.1. The Morgan fingerprint density at radius 1 is 1.29 bits per heavy atom. The van der Waals surface area contributed by atoms with Crippen molar-refractivity contribution in [3.8, 4) is 11.5 Å². The Hall–Kier alpha value is -1.26. The summed E-state index contributed by atoms with van der Waals surface area (Å²) in [6.07, 6.45) is 2.64. The molecule has 1 fully saturated rings. The molecule has 1 atom stereocenters. The molecule has 0 spiro atoms. The number of nitrogens with zero attached hydrogens (tertiary/aromatic N) is 1. The van der Waals surface area contributed by atoms with E-state index >= 15 is 0 Å². The topological polar surface area (TPSA) is 33.7 Å². The van der Waals surface area contributed by atoms with E-state index in [2.05, 4.69) is 29.3 Å². The highest BCUT2D eigenvalue weighted by molar-refractivity contribution is 5.42. The van der Waals surface area contributed by atoms with E-state index < -0.39 is 0 Å². The molecular formula is C17H28N2O2. The Bertz CT molecular complexity index is 437. The number of benzene rings is 1. The van der Waals surface area contributed by atoms with Crippen molar-refractivity contribution in [3.63, 3.8) is 0 Å². The molecule has 1 aromatic rings. The zero-order valence-corrected chi connectivity index (χ0v) is 13.5. The zero-order valence-electron chi connectivity index (χ0n) is 13.5. The molecule has 1 heterocycles. The van der Waals surface area contributed by atoms with Crippen LogP contribution >= 0.6 is 0 Å². The van der Waals surface area contributed by atoms with Crippen LogP contribution < -0.4 is 14.8 Å². The van der Waals surface area contributed by atoms with E-state index in [0.29, 0.717) is 12.6 Å². The Labute approximate surface area is 128 Å². The standard InChI is InChI=1S/C17H28N2O2/c1-4-19-10-6-7-15(19)13-18-12-14-8-9-16(20-3)17(11-14)21-5-2/h8-9,11,15,18H,4-7,10,12-13H2,1-3H3/t15-/m0/s1. The van der Waals surface area contributed by atoms with Gasteiger partial charge >= 0.3 is 0 Å². The molecule has 0 amide bonds. The number of hydrogen-bond donors (Lipinski definition) is 1. The first-order valence-corrected chi connectivity index (χ1v) is 8.03. The Morgan fingerprint density at radius 3 is 2.86 bits per heavy atom. The number of rotatable bonds is 8. The molecule has 0 radical (unpaired) electrons. The molecule has 1 aromatic carbocycles. The second-order valence-electron chi connectivity index (χ2n) is 5.47. The van der Waals surface area contributed by atoms with Crippen molar-refractivity contribution in [2.24, 2.45) is 0 Å². The van der Waals surface area contributed by atoms with Gasteiger partial charge in [0.15, 0.2) is 11.5 Å². The van der Waals surface area contributed by atoms with Crippen LogP contribution in [0, 0.1) is 0 Å². The third kappa shape index (κ3) is 4.35. The van der Waals surface area contributed by atoms with Gasteiger partial charge in [-0.15, -0.1) is 0 Å². The molecule has 1 saturated heterocycles. The van der Waals surface area contributed by atoms with E-state index in [-0.39, 0.29) is 0 Å². The van der Waals surface area contributed by atoms with Gasteiger partial charge in [-0.25, -0.2) is 0 Å². The molecule has 0 unspecified atom stereocenters. The largest absolute Gasteiger partial charge is 0.493 e. The maximum absolute atomic E-state index is 5.62. The van der Waals surface area contributed by atoms with Crippen LogP contribution in [0.5, 0.6) is 11.5 Å².